The number of nitrogens with one attached hydrogen (secondary N) is 1. The van der Waals surface area contributed by atoms with Crippen LogP contribution in [0, 0.1) is 6.92 Å². The van der Waals surface area contributed by atoms with Crippen LogP contribution in [-0.4, -0.2) is 29.6 Å². The predicted octanol–water partition coefficient (Wildman–Crippen LogP) is 2.38. The van der Waals surface area contributed by atoms with E-state index in [0.717, 1.165) is 12.8 Å². The predicted molar refractivity (Wildman–Crippen MR) is 76.1 cm³/mol. The van der Waals surface area contributed by atoms with Crippen molar-refractivity contribution in [1.82, 2.24) is 5.32 Å². The van der Waals surface area contributed by atoms with Crippen molar-refractivity contribution in [3.05, 3.63) is 29.3 Å². The summed E-state index contributed by atoms with van der Waals surface area (Å²) >= 11 is 0. The molecule has 0 heterocycles. The van der Waals surface area contributed by atoms with Gasteiger partial charge in [-0.25, -0.2) is 4.79 Å². The lowest BCUT2D eigenvalue weighted by atomic mass is 10.1. The van der Waals surface area contributed by atoms with Gasteiger partial charge in [-0.3, -0.25) is 4.79 Å². The number of hydrogen-bond acceptors (Lipinski definition) is 3. The third-order valence-electron chi connectivity index (χ3n) is 2.92. The van der Waals surface area contributed by atoms with Crippen molar-refractivity contribution in [3.63, 3.8) is 0 Å². The monoisotopic (exact) mass is 279 g/mol. The summed E-state index contributed by atoms with van der Waals surface area (Å²) in [5, 5.41) is 11.9. The molecule has 110 valence electrons. The first kappa shape index (κ1) is 16.0. The Labute approximate surface area is 118 Å². The number of hydrogen-bond donors (Lipinski definition) is 2. The number of rotatable bonds is 7. The Balaban J connectivity index is 2.66. The molecule has 20 heavy (non-hydrogen) atoms. The molecule has 0 saturated heterocycles. The quantitative estimate of drug-likeness (QED) is 0.803. The topological polar surface area (TPSA) is 75.6 Å². The van der Waals surface area contributed by atoms with E-state index in [4.69, 9.17) is 9.84 Å². The van der Waals surface area contributed by atoms with E-state index in [1.807, 2.05) is 13.8 Å². The number of carbonyl (C=O) groups is 2. The lowest BCUT2D eigenvalue weighted by Gasteiger charge is -2.15. The summed E-state index contributed by atoms with van der Waals surface area (Å²) in [6.45, 7) is 5.54. The summed E-state index contributed by atoms with van der Waals surface area (Å²) in [5.74, 6) is -1.06. The van der Waals surface area contributed by atoms with E-state index in [-0.39, 0.29) is 29.9 Å². The maximum Gasteiger partial charge on any atom is 0.339 e. The number of ether oxygens (including phenoxy) is 1. The van der Waals surface area contributed by atoms with Crippen LogP contribution in [0.1, 0.15) is 42.6 Å². The second-order valence-electron chi connectivity index (χ2n) is 4.80. The molecule has 1 amide bonds. The van der Waals surface area contributed by atoms with Gasteiger partial charge in [0.25, 0.3) is 5.91 Å². The molecule has 1 rings (SSSR count). The van der Waals surface area contributed by atoms with Crippen molar-refractivity contribution in [2.45, 2.75) is 39.7 Å². The average molecular weight is 279 g/mol. The number of carboxylic acids is 1. The van der Waals surface area contributed by atoms with Crippen molar-refractivity contribution in [1.29, 1.82) is 0 Å². The SMILES string of the molecule is CCCC(C)NC(=O)COc1c(C)cccc1C(=O)O. The highest BCUT2D eigenvalue weighted by molar-refractivity contribution is 5.91. The van der Waals surface area contributed by atoms with Crippen molar-refractivity contribution >= 4 is 11.9 Å². The standard InChI is InChI=1S/C15H21NO4/c1-4-6-11(3)16-13(17)9-20-14-10(2)7-5-8-12(14)15(18)19/h5,7-8,11H,4,6,9H2,1-3H3,(H,16,17)(H,18,19). The smallest absolute Gasteiger partial charge is 0.339 e. The van der Waals surface area contributed by atoms with Crippen LogP contribution in [0.25, 0.3) is 0 Å². The van der Waals surface area contributed by atoms with E-state index in [2.05, 4.69) is 5.32 Å². The van der Waals surface area contributed by atoms with Crippen molar-refractivity contribution in [2.75, 3.05) is 6.61 Å². The van der Waals surface area contributed by atoms with Crippen LogP contribution in [0.4, 0.5) is 0 Å². The number of carbonyl (C=O) groups excluding carboxylic acids is 1. The van der Waals surface area contributed by atoms with Gasteiger partial charge < -0.3 is 15.2 Å². The Kier molecular flexibility index (Phi) is 6.03. The first-order valence-corrected chi connectivity index (χ1v) is 6.70. The van der Waals surface area contributed by atoms with Gasteiger partial charge in [-0.2, -0.15) is 0 Å². The molecular formula is C15H21NO4. The average Bonchev–Trinajstić information content (AvgIpc) is 2.37. The van der Waals surface area contributed by atoms with Gasteiger partial charge in [-0.15, -0.1) is 0 Å². The fourth-order valence-electron chi connectivity index (χ4n) is 1.97. The molecule has 0 radical (unpaired) electrons. The molecule has 1 unspecified atom stereocenters. The van der Waals surface area contributed by atoms with Crippen LogP contribution in [0.5, 0.6) is 5.75 Å². The molecule has 5 heteroatoms. The van der Waals surface area contributed by atoms with Gasteiger partial charge in [0, 0.05) is 6.04 Å². The van der Waals surface area contributed by atoms with Gasteiger partial charge in [-0.05, 0) is 31.9 Å². The molecule has 0 fully saturated rings. The van der Waals surface area contributed by atoms with Crippen LogP contribution in [0.3, 0.4) is 0 Å². The van der Waals surface area contributed by atoms with E-state index in [0.29, 0.717) is 5.56 Å². The maximum absolute atomic E-state index is 11.7. The van der Waals surface area contributed by atoms with Crippen LogP contribution < -0.4 is 10.1 Å². The van der Waals surface area contributed by atoms with E-state index in [9.17, 15) is 9.59 Å². The van der Waals surface area contributed by atoms with E-state index < -0.39 is 5.97 Å². The lowest BCUT2D eigenvalue weighted by molar-refractivity contribution is -0.123. The zero-order chi connectivity index (χ0) is 15.1. The normalized spacial score (nSPS) is 11.8. The molecule has 0 spiro atoms. The summed E-state index contributed by atoms with van der Waals surface area (Å²) < 4.78 is 5.38. The van der Waals surface area contributed by atoms with Crippen LogP contribution in [-0.2, 0) is 4.79 Å². The van der Waals surface area contributed by atoms with Gasteiger partial charge in [0.05, 0.1) is 0 Å². The summed E-state index contributed by atoms with van der Waals surface area (Å²) in [5.41, 5.74) is 0.763. The number of aromatic carboxylic acids is 1. The summed E-state index contributed by atoms with van der Waals surface area (Å²) in [7, 11) is 0. The fraction of sp³-hybridized carbons (Fsp3) is 0.467. The highest BCUT2D eigenvalue weighted by Gasteiger charge is 2.15. The molecule has 5 nitrogen and oxygen atoms in total. The Hall–Kier alpha value is -2.04. The molecular weight excluding hydrogens is 258 g/mol. The van der Waals surface area contributed by atoms with Crippen molar-refractivity contribution < 1.29 is 19.4 Å². The third kappa shape index (κ3) is 4.57. The zero-order valence-electron chi connectivity index (χ0n) is 12.1. The molecule has 1 atom stereocenters. The second-order valence-corrected chi connectivity index (χ2v) is 4.80. The van der Waals surface area contributed by atoms with Gasteiger partial charge >= 0.3 is 5.97 Å². The molecule has 0 aliphatic carbocycles. The minimum atomic E-state index is -1.07. The maximum atomic E-state index is 11.7. The number of aryl methyl sites for hydroxylation is 1. The molecule has 0 saturated carbocycles. The molecule has 2 N–H and O–H groups in total. The first-order valence-electron chi connectivity index (χ1n) is 6.70. The molecule has 0 bridgehead atoms. The van der Waals surface area contributed by atoms with Crippen molar-refractivity contribution in [2.24, 2.45) is 0 Å². The van der Waals surface area contributed by atoms with Crippen molar-refractivity contribution in [3.8, 4) is 5.75 Å². The Morgan fingerprint density at radius 1 is 1.40 bits per heavy atom. The van der Waals surface area contributed by atoms with Crippen LogP contribution in [0.2, 0.25) is 0 Å². The van der Waals surface area contributed by atoms with E-state index in [1.54, 1.807) is 19.1 Å². The van der Waals surface area contributed by atoms with Gasteiger partial charge in [-0.1, -0.05) is 25.5 Å². The van der Waals surface area contributed by atoms with Gasteiger partial charge in [0.15, 0.2) is 6.61 Å². The van der Waals surface area contributed by atoms with Crippen LogP contribution in [0.15, 0.2) is 18.2 Å². The second kappa shape index (κ2) is 7.53. The molecule has 1 aromatic carbocycles. The Morgan fingerprint density at radius 2 is 2.10 bits per heavy atom. The number of carboxylic acid groups (broad SMARTS) is 1. The molecule has 1 aromatic rings. The van der Waals surface area contributed by atoms with E-state index in [1.165, 1.54) is 6.07 Å². The lowest BCUT2D eigenvalue weighted by Crippen LogP contribution is -2.36. The van der Waals surface area contributed by atoms with E-state index >= 15 is 0 Å². The highest BCUT2D eigenvalue weighted by Crippen LogP contribution is 2.23. The minimum absolute atomic E-state index is 0.0689. The summed E-state index contributed by atoms with van der Waals surface area (Å²) in [6.07, 6.45) is 1.89. The first-order chi connectivity index (χ1) is 9.45. The zero-order valence-corrected chi connectivity index (χ0v) is 12.1. The Morgan fingerprint density at radius 3 is 2.70 bits per heavy atom. The van der Waals surface area contributed by atoms with Gasteiger partial charge in [0.2, 0.25) is 0 Å². The Bertz CT molecular complexity index is 485. The number of benzene rings is 1. The van der Waals surface area contributed by atoms with Gasteiger partial charge in [0.1, 0.15) is 11.3 Å². The summed E-state index contributed by atoms with van der Waals surface area (Å²) in [6, 6.07) is 4.95. The molecule has 0 aromatic heterocycles. The number of para-hydroxylation sites is 1. The summed E-state index contributed by atoms with van der Waals surface area (Å²) in [4.78, 5) is 22.8. The van der Waals surface area contributed by atoms with Crippen LogP contribution >= 0.6 is 0 Å². The minimum Gasteiger partial charge on any atom is -0.483 e. The number of amides is 1. The largest absolute Gasteiger partial charge is 0.483 e. The molecule has 0 aliphatic rings. The highest BCUT2D eigenvalue weighted by atomic mass is 16.5. The fourth-order valence-corrected chi connectivity index (χ4v) is 1.97. The third-order valence-corrected chi connectivity index (χ3v) is 2.92. The molecule has 0 aliphatic heterocycles.